The molecule has 18 heavy (non-hydrogen) atoms. The molecule has 1 heterocycles. The summed E-state index contributed by atoms with van der Waals surface area (Å²) < 4.78 is 4.49. The molecule has 102 valence electrons. The molecule has 1 amide bonds. The quantitative estimate of drug-likeness (QED) is 0.688. The van der Waals surface area contributed by atoms with Gasteiger partial charge >= 0.3 is 5.97 Å². The summed E-state index contributed by atoms with van der Waals surface area (Å²) in [7, 11) is 1.31. The van der Waals surface area contributed by atoms with Gasteiger partial charge in [0.2, 0.25) is 5.91 Å². The van der Waals surface area contributed by atoms with E-state index in [1.165, 1.54) is 7.11 Å². The van der Waals surface area contributed by atoms with Crippen molar-refractivity contribution in [3.8, 4) is 0 Å². The third kappa shape index (κ3) is 3.82. The molecule has 0 saturated carbocycles. The van der Waals surface area contributed by atoms with Gasteiger partial charge in [0.1, 0.15) is 5.78 Å². The first-order valence-electron chi connectivity index (χ1n) is 6.34. The summed E-state index contributed by atoms with van der Waals surface area (Å²) in [6, 6.07) is 0. The first-order valence-corrected chi connectivity index (χ1v) is 6.34. The van der Waals surface area contributed by atoms with Gasteiger partial charge in [-0.25, -0.2) is 0 Å². The number of Topliss-reactive ketones (excluding diaryl/α,β-unsaturated/α-hetero) is 1. The van der Waals surface area contributed by atoms with Crippen LogP contribution < -0.4 is 0 Å². The SMILES string of the molecule is COC(=O)CCC(=O)N1CC[C@@H](C(=O)C(C)C)C1. The second kappa shape index (κ2) is 6.52. The van der Waals surface area contributed by atoms with E-state index in [1.54, 1.807) is 4.90 Å². The smallest absolute Gasteiger partial charge is 0.306 e. The number of carbonyl (C=O) groups is 3. The number of esters is 1. The van der Waals surface area contributed by atoms with Gasteiger partial charge in [-0.05, 0) is 6.42 Å². The van der Waals surface area contributed by atoms with Gasteiger partial charge in [-0.1, -0.05) is 13.8 Å². The van der Waals surface area contributed by atoms with Crippen molar-refractivity contribution < 1.29 is 19.1 Å². The monoisotopic (exact) mass is 255 g/mol. The molecule has 0 aliphatic carbocycles. The zero-order chi connectivity index (χ0) is 13.7. The molecule has 5 nitrogen and oxygen atoms in total. The van der Waals surface area contributed by atoms with Crippen LogP contribution >= 0.6 is 0 Å². The lowest BCUT2D eigenvalue weighted by Gasteiger charge is -2.16. The van der Waals surface area contributed by atoms with Crippen LogP contribution in [0.4, 0.5) is 0 Å². The number of carbonyl (C=O) groups excluding carboxylic acids is 3. The number of rotatable bonds is 5. The lowest BCUT2D eigenvalue weighted by Crippen LogP contribution is -2.31. The maximum atomic E-state index is 11.8. The number of likely N-dealkylation sites (tertiary alicyclic amines) is 1. The summed E-state index contributed by atoms with van der Waals surface area (Å²) >= 11 is 0. The van der Waals surface area contributed by atoms with Crippen molar-refractivity contribution in [2.75, 3.05) is 20.2 Å². The van der Waals surface area contributed by atoms with E-state index in [4.69, 9.17) is 0 Å². The second-order valence-electron chi connectivity index (χ2n) is 4.96. The predicted octanol–water partition coefficient (Wildman–Crippen LogP) is 1.01. The molecule has 0 radical (unpaired) electrons. The number of hydrogen-bond donors (Lipinski definition) is 0. The summed E-state index contributed by atoms with van der Waals surface area (Å²) in [4.78, 5) is 36.2. The fraction of sp³-hybridized carbons (Fsp3) is 0.769. The minimum atomic E-state index is -0.377. The molecule has 0 aromatic heterocycles. The van der Waals surface area contributed by atoms with Gasteiger partial charge in [0.15, 0.2) is 0 Å². The first-order chi connectivity index (χ1) is 8.45. The Morgan fingerprint density at radius 2 is 1.94 bits per heavy atom. The Kier molecular flexibility index (Phi) is 5.31. The maximum Gasteiger partial charge on any atom is 0.306 e. The van der Waals surface area contributed by atoms with Gasteiger partial charge in [0, 0.05) is 31.3 Å². The molecular weight excluding hydrogens is 234 g/mol. The minimum Gasteiger partial charge on any atom is -0.469 e. The van der Waals surface area contributed by atoms with Crippen molar-refractivity contribution >= 4 is 17.7 Å². The lowest BCUT2D eigenvalue weighted by atomic mass is 9.95. The van der Waals surface area contributed by atoms with Gasteiger partial charge in [-0.2, -0.15) is 0 Å². The molecule has 1 aliphatic rings. The lowest BCUT2D eigenvalue weighted by molar-refractivity contribution is -0.143. The van der Waals surface area contributed by atoms with Crippen LogP contribution in [0.25, 0.3) is 0 Å². The third-order valence-electron chi connectivity index (χ3n) is 3.28. The average Bonchev–Trinajstić information content (AvgIpc) is 2.83. The number of hydrogen-bond acceptors (Lipinski definition) is 4. The molecule has 0 N–H and O–H groups in total. The van der Waals surface area contributed by atoms with Crippen molar-refractivity contribution in [3.63, 3.8) is 0 Å². The van der Waals surface area contributed by atoms with E-state index in [0.717, 1.165) is 6.42 Å². The van der Waals surface area contributed by atoms with Crippen molar-refractivity contribution in [2.24, 2.45) is 11.8 Å². The van der Waals surface area contributed by atoms with E-state index in [9.17, 15) is 14.4 Å². The number of methoxy groups -OCH3 is 1. The van der Waals surface area contributed by atoms with Crippen LogP contribution in [0.5, 0.6) is 0 Å². The summed E-state index contributed by atoms with van der Waals surface area (Å²) in [5, 5.41) is 0. The Bertz CT molecular complexity index is 338. The fourth-order valence-corrected chi connectivity index (χ4v) is 2.16. The van der Waals surface area contributed by atoms with Crippen LogP contribution in [0.15, 0.2) is 0 Å². The molecular formula is C13H21NO4. The van der Waals surface area contributed by atoms with E-state index in [-0.39, 0.29) is 42.3 Å². The molecule has 5 heteroatoms. The topological polar surface area (TPSA) is 63.7 Å². The van der Waals surface area contributed by atoms with Crippen molar-refractivity contribution in [1.29, 1.82) is 0 Å². The maximum absolute atomic E-state index is 11.8. The summed E-state index contributed by atoms with van der Waals surface area (Å²) in [5.41, 5.74) is 0. The van der Waals surface area contributed by atoms with Crippen LogP contribution in [0.3, 0.4) is 0 Å². The van der Waals surface area contributed by atoms with E-state index < -0.39 is 0 Å². The fourth-order valence-electron chi connectivity index (χ4n) is 2.16. The highest BCUT2D eigenvalue weighted by Gasteiger charge is 2.31. The van der Waals surface area contributed by atoms with Crippen LogP contribution in [-0.4, -0.2) is 42.8 Å². The minimum absolute atomic E-state index is 0.0140. The molecule has 0 spiro atoms. The van der Waals surface area contributed by atoms with Crippen molar-refractivity contribution in [1.82, 2.24) is 4.90 Å². The number of nitrogens with zero attached hydrogens (tertiary/aromatic N) is 1. The average molecular weight is 255 g/mol. The number of amides is 1. The van der Waals surface area contributed by atoms with Crippen LogP contribution in [0, 0.1) is 11.8 Å². The third-order valence-corrected chi connectivity index (χ3v) is 3.28. The Labute approximate surface area is 107 Å². The summed E-state index contributed by atoms with van der Waals surface area (Å²) in [5.74, 6) is -0.248. The van der Waals surface area contributed by atoms with E-state index >= 15 is 0 Å². The Balaban J connectivity index is 2.39. The second-order valence-corrected chi connectivity index (χ2v) is 4.96. The highest BCUT2D eigenvalue weighted by molar-refractivity contribution is 5.86. The van der Waals surface area contributed by atoms with Crippen LogP contribution in [0.2, 0.25) is 0 Å². The summed E-state index contributed by atoms with van der Waals surface area (Å²) in [6.07, 6.45) is 1.00. The highest BCUT2D eigenvalue weighted by atomic mass is 16.5. The molecule has 1 fully saturated rings. The van der Waals surface area contributed by atoms with Gasteiger partial charge in [-0.15, -0.1) is 0 Å². The Morgan fingerprint density at radius 1 is 1.28 bits per heavy atom. The van der Waals surface area contributed by atoms with E-state index in [0.29, 0.717) is 13.1 Å². The van der Waals surface area contributed by atoms with Gasteiger partial charge in [-0.3, -0.25) is 14.4 Å². The highest BCUT2D eigenvalue weighted by Crippen LogP contribution is 2.21. The molecule has 0 bridgehead atoms. The normalized spacial score (nSPS) is 19.1. The largest absolute Gasteiger partial charge is 0.469 e. The van der Waals surface area contributed by atoms with Crippen LogP contribution in [0.1, 0.15) is 33.1 Å². The van der Waals surface area contributed by atoms with Gasteiger partial charge in [0.25, 0.3) is 0 Å². The molecule has 0 aromatic rings. The van der Waals surface area contributed by atoms with Crippen molar-refractivity contribution in [3.05, 3.63) is 0 Å². The Hall–Kier alpha value is -1.39. The standard InChI is InChI=1S/C13H21NO4/c1-9(2)13(17)10-6-7-14(8-10)11(15)4-5-12(16)18-3/h9-10H,4-8H2,1-3H3/t10-/m1/s1. The Morgan fingerprint density at radius 3 is 2.50 bits per heavy atom. The number of ketones is 1. The first kappa shape index (κ1) is 14.7. The zero-order valence-electron chi connectivity index (χ0n) is 11.3. The molecule has 1 atom stereocenters. The molecule has 0 unspecified atom stereocenters. The molecule has 0 aromatic carbocycles. The van der Waals surface area contributed by atoms with Gasteiger partial charge < -0.3 is 9.64 Å². The molecule has 1 rings (SSSR count). The zero-order valence-corrected chi connectivity index (χ0v) is 11.3. The summed E-state index contributed by atoms with van der Waals surface area (Å²) in [6.45, 7) is 4.87. The number of ether oxygens (including phenoxy) is 1. The van der Waals surface area contributed by atoms with E-state index in [1.807, 2.05) is 13.8 Å². The predicted molar refractivity (Wildman–Crippen MR) is 65.8 cm³/mol. The van der Waals surface area contributed by atoms with Crippen LogP contribution in [-0.2, 0) is 19.1 Å². The van der Waals surface area contributed by atoms with Crippen molar-refractivity contribution in [2.45, 2.75) is 33.1 Å². The van der Waals surface area contributed by atoms with Gasteiger partial charge in [0.05, 0.1) is 13.5 Å². The van der Waals surface area contributed by atoms with E-state index in [2.05, 4.69) is 4.74 Å². The molecule has 1 aliphatic heterocycles. The molecule has 1 saturated heterocycles.